The van der Waals surface area contributed by atoms with Crippen LogP contribution in [-0.2, 0) is 6.54 Å². The summed E-state index contributed by atoms with van der Waals surface area (Å²) < 4.78 is 1.08. The molecule has 0 saturated heterocycles. The van der Waals surface area contributed by atoms with Crippen molar-refractivity contribution in [2.24, 2.45) is 0 Å². The van der Waals surface area contributed by atoms with E-state index in [1.807, 2.05) is 6.07 Å². The van der Waals surface area contributed by atoms with E-state index in [0.29, 0.717) is 0 Å². The lowest BCUT2D eigenvalue weighted by Gasteiger charge is -2.17. The fourth-order valence-corrected chi connectivity index (χ4v) is 2.80. The van der Waals surface area contributed by atoms with Crippen molar-refractivity contribution in [3.05, 3.63) is 56.2 Å². The van der Waals surface area contributed by atoms with E-state index in [0.717, 1.165) is 16.6 Å². The van der Waals surface area contributed by atoms with Crippen LogP contribution in [0.5, 0.6) is 0 Å². The van der Waals surface area contributed by atoms with Crippen LogP contribution >= 0.6 is 27.3 Å². The maximum Gasteiger partial charge on any atom is 0.0626 e. The molecule has 96 valence electrons. The van der Waals surface area contributed by atoms with Crippen LogP contribution < -0.4 is 5.32 Å². The standard InChI is InChI=1S/C14H16BrNOS/c1-10-4-5-11(7-13(10)15)14(9-17)16-8-12-3-2-6-18-12/h2-7,14,16-17H,8-9H2,1H3. The Hall–Kier alpha value is -0.680. The number of aliphatic hydroxyl groups excluding tert-OH is 1. The molecule has 0 amide bonds. The molecule has 18 heavy (non-hydrogen) atoms. The SMILES string of the molecule is Cc1ccc(C(CO)NCc2cccs2)cc1Br. The van der Waals surface area contributed by atoms with Crippen molar-refractivity contribution in [2.45, 2.75) is 19.5 Å². The molecule has 2 rings (SSSR count). The summed E-state index contributed by atoms with van der Waals surface area (Å²) in [7, 11) is 0. The van der Waals surface area contributed by atoms with Gasteiger partial charge in [-0.25, -0.2) is 0 Å². The minimum atomic E-state index is -0.0241. The Morgan fingerprint density at radius 3 is 2.83 bits per heavy atom. The highest BCUT2D eigenvalue weighted by molar-refractivity contribution is 9.10. The molecule has 0 saturated carbocycles. The summed E-state index contributed by atoms with van der Waals surface area (Å²) >= 11 is 5.25. The molecular weight excluding hydrogens is 310 g/mol. The van der Waals surface area contributed by atoms with E-state index in [-0.39, 0.29) is 12.6 Å². The molecule has 4 heteroatoms. The topological polar surface area (TPSA) is 32.3 Å². The van der Waals surface area contributed by atoms with Crippen molar-refractivity contribution >= 4 is 27.3 Å². The minimum Gasteiger partial charge on any atom is -0.394 e. The number of halogens is 1. The molecule has 1 aromatic carbocycles. The fraction of sp³-hybridized carbons (Fsp3) is 0.286. The number of rotatable bonds is 5. The summed E-state index contributed by atoms with van der Waals surface area (Å²) in [5.74, 6) is 0. The Labute approximate surface area is 120 Å². The number of nitrogens with one attached hydrogen (secondary N) is 1. The molecule has 0 aliphatic carbocycles. The van der Waals surface area contributed by atoms with Crippen LogP contribution in [0.2, 0.25) is 0 Å². The van der Waals surface area contributed by atoms with Crippen LogP contribution in [0.25, 0.3) is 0 Å². The van der Waals surface area contributed by atoms with Gasteiger partial charge in [0.25, 0.3) is 0 Å². The molecular formula is C14H16BrNOS. The lowest BCUT2D eigenvalue weighted by molar-refractivity contribution is 0.244. The Balaban J connectivity index is 2.05. The molecule has 0 aliphatic rings. The average Bonchev–Trinajstić information content (AvgIpc) is 2.87. The summed E-state index contributed by atoms with van der Waals surface area (Å²) in [6, 6.07) is 10.3. The predicted molar refractivity (Wildman–Crippen MR) is 79.9 cm³/mol. The van der Waals surface area contributed by atoms with Crippen LogP contribution in [-0.4, -0.2) is 11.7 Å². The first-order chi connectivity index (χ1) is 8.70. The molecule has 2 N–H and O–H groups in total. The Kier molecular flexibility index (Phi) is 4.95. The summed E-state index contributed by atoms with van der Waals surface area (Å²) in [5, 5.41) is 14.9. The van der Waals surface area contributed by atoms with Gasteiger partial charge in [0, 0.05) is 15.9 Å². The summed E-state index contributed by atoms with van der Waals surface area (Å²) in [5.41, 5.74) is 2.31. The highest BCUT2D eigenvalue weighted by atomic mass is 79.9. The number of thiophene rings is 1. The maximum absolute atomic E-state index is 9.49. The van der Waals surface area contributed by atoms with Gasteiger partial charge in [-0.05, 0) is 35.6 Å². The monoisotopic (exact) mass is 325 g/mol. The van der Waals surface area contributed by atoms with Crippen molar-refractivity contribution in [1.29, 1.82) is 0 Å². The number of aryl methyl sites for hydroxylation is 1. The number of benzene rings is 1. The molecule has 0 spiro atoms. The zero-order chi connectivity index (χ0) is 13.0. The highest BCUT2D eigenvalue weighted by Gasteiger charge is 2.11. The van der Waals surface area contributed by atoms with Gasteiger partial charge in [-0.2, -0.15) is 0 Å². The van der Waals surface area contributed by atoms with E-state index in [4.69, 9.17) is 0 Å². The number of aliphatic hydroxyl groups is 1. The second kappa shape index (κ2) is 6.48. The predicted octanol–water partition coefficient (Wildman–Crippen LogP) is 3.64. The van der Waals surface area contributed by atoms with Crippen LogP contribution in [0.15, 0.2) is 40.2 Å². The average molecular weight is 326 g/mol. The highest BCUT2D eigenvalue weighted by Crippen LogP contribution is 2.22. The normalized spacial score (nSPS) is 12.6. The van der Waals surface area contributed by atoms with Crippen molar-refractivity contribution in [1.82, 2.24) is 5.32 Å². The first-order valence-electron chi connectivity index (χ1n) is 5.83. The Morgan fingerprint density at radius 2 is 2.22 bits per heavy atom. The molecule has 0 bridgehead atoms. The van der Waals surface area contributed by atoms with Gasteiger partial charge in [-0.3, -0.25) is 0 Å². The molecule has 1 aromatic heterocycles. The van der Waals surface area contributed by atoms with E-state index in [1.54, 1.807) is 11.3 Å². The van der Waals surface area contributed by atoms with E-state index in [9.17, 15) is 5.11 Å². The second-order valence-corrected chi connectivity index (χ2v) is 6.09. The third kappa shape index (κ3) is 3.42. The molecule has 2 nitrogen and oxygen atoms in total. The van der Waals surface area contributed by atoms with E-state index in [2.05, 4.69) is 57.8 Å². The summed E-state index contributed by atoms with van der Waals surface area (Å²) in [6.07, 6.45) is 0. The van der Waals surface area contributed by atoms with Crippen LogP contribution in [0, 0.1) is 6.92 Å². The minimum absolute atomic E-state index is 0.0241. The lowest BCUT2D eigenvalue weighted by Crippen LogP contribution is -2.23. The smallest absolute Gasteiger partial charge is 0.0626 e. The number of hydrogen-bond donors (Lipinski definition) is 2. The number of hydrogen-bond acceptors (Lipinski definition) is 3. The zero-order valence-electron chi connectivity index (χ0n) is 10.2. The lowest BCUT2D eigenvalue weighted by atomic mass is 10.1. The van der Waals surface area contributed by atoms with E-state index in [1.165, 1.54) is 10.4 Å². The van der Waals surface area contributed by atoms with E-state index < -0.39 is 0 Å². The van der Waals surface area contributed by atoms with Crippen molar-refractivity contribution in [3.63, 3.8) is 0 Å². The quantitative estimate of drug-likeness (QED) is 0.879. The first-order valence-corrected chi connectivity index (χ1v) is 7.50. The fourth-order valence-electron chi connectivity index (χ4n) is 1.75. The van der Waals surface area contributed by atoms with Gasteiger partial charge in [-0.1, -0.05) is 34.1 Å². The summed E-state index contributed by atoms with van der Waals surface area (Å²) in [6.45, 7) is 2.94. The third-order valence-corrected chi connectivity index (χ3v) is 4.61. The molecule has 0 radical (unpaired) electrons. The van der Waals surface area contributed by atoms with Gasteiger partial charge in [-0.15, -0.1) is 11.3 Å². The van der Waals surface area contributed by atoms with Crippen molar-refractivity contribution in [2.75, 3.05) is 6.61 Å². The van der Waals surface area contributed by atoms with Gasteiger partial charge in [0.05, 0.1) is 12.6 Å². The van der Waals surface area contributed by atoms with Crippen LogP contribution in [0.1, 0.15) is 22.0 Å². The van der Waals surface area contributed by atoms with Gasteiger partial charge < -0.3 is 10.4 Å². The Bertz CT molecular complexity index is 499. The van der Waals surface area contributed by atoms with Gasteiger partial charge in [0.15, 0.2) is 0 Å². The zero-order valence-corrected chi connectivity index (χ0v) is 12.6. The first kappa shape index (κ1) is 13.7. The van der Waals surface area contributed by atoms with Crippen LogP contribution in [0.4, 0.5) is 0 Å². The Morgan fingerprint density at radius 1 is 1.39 bits per heavy atom. The van der Waals surface area contributed by atoms with Crippen molar-refractivity contribution in [3.8, 4) is 0 Å². The largest absolute Gasteiger partial charge is 0.394 e. The molecule has 0 fully saturated rings. The molecule has 1 unspecified atom stereocenters. The third-order valence-electron chi connectivity index (χ3n) is 2.88. The molecule has 2 aromatic rings. The molecule has 1 heterocycles. The molecule has 1 atom stereocenters. The summed E-state index contributed by atoms with van der Waals surface area (Å²) in [4.78, 5) is 1.28. The molecule has 0 aliphatic heterocycles. The van der Waals surface area contributed by atoms with E-state index >= 15 is 0 Å². The van der Waals surface area contributed by atoms with Crippen molar-refractivity contribution < 1.29 is 5.11 Å². The second-order valence-electron chi connectivity index (χ2n) is 4.20. The van der Waals surface area contributed by atoms with Crippen LogP contribution in [0.3, 0.4) is 0 Å². The van der Waals surface area contributed by atoms with Gasteiger partial charge in [0.1, 0.15) is 0 Å². The maximum atomic E-state index is 9.49. The van der Waals surface area contributed by atoms with Gasteiger partial charge >= 0.3 is 0 Å². The van der Waals surface area contributed by atoms with Gasteiger partial charge in [0.2, 0.25) is 0 Å².